The van der Waals surface area contributed by atoms with E-state index in [1.165, 1.54) is 38.4 Å². The lowest BCUT2D eigenvalue weighted by Gasteiger charge is -2.09. The molecule has 8 heteroatoms. The summed E-state index contributed by atoms with van der Waals surface area (Å²) in [6, 6.07) is 5.56. The minimum absolute atomic E-state index is 0.111. The molecule has 116 valence electrons. The summed E-state index contributed by atoms with van der Waals surface area (Å²) in [5, 5.41) is 2.52. The molecule has 0 spiro atoms. The molecule has 0 aliphatic carbocycles. The van der Waals surface area contributed by atoms with Crippen molar-refractivity contribution in [2.45, 2.75) is 6.54 Å². The molecular weight excluding hydrogens is 293 g/mol. The zero-order valence-corrected chi connectivity index (χ0v) is 12.0. The van der Waals surface area contributed by atoms with Crippen molar-refractivity contribution in [1.82, 2.24) is 14.9 Å². The second kappa shape index (κ2) is 6.25. The molecule has 0 atom stereocenters. The van der Waals surface area contributed by atoms with Crippen LogP contribution >= 0.6 is 0 Å². The van der Waals surface area contributed by atoms with Crippen LogP contribution in [0.4, 0.5) is 4.39 Å². The summed E-state index contributed by atoms with van der Waals surface area (Å²) in [7, 11) is 2.50. The van der Waals surface area contributed by atoms with Gasteiger partial charge in [0.05, 0.1) is 7.11 Å². The van der Waals surface area contributed by atoms with E-state index in [4.69, 9.17) is 4.74 Å². The Bertz CT molecular complexity index is 808. The quantitative estimate of drug-likeness (QED) is 0.841. The normalized spacial score (nSPS) is 10.3. The minimum Gasteiger partial charge on any atom is -0.489 e. The molecule has 1 amide bonds. The van der Waals surface area contributed by atoms with Gasteiger partial charge in [-0.15, -0.1) is 0 Å². The molecule has 0 bridgehead atoms. The van der Waals surface area contributed by atoms with E-state index >= 15 is 0 Å². The number of aromatic amines is 1. The number of H-pyrrole nitrogens is 1. The summed E-state index contributed by atoms with van der Waals surface area (Å²) in [6.07, 6.45) is 0. The first-order valence-electron chi connectivity index (χ1n) is 6.34. The average molecular weight is 307 g/mol. The van der Waals surface area contributed by atoms with Gasteiger partial charge in [-0.2, -0.15) is 0 Å². The number of nitrogens with zero attached hydrogens (tertiary/aromatic N) is 1. The Morgan fingerprint density at radius 3 is 2.55 bits per heavy atom. The molecule has 0 radical (unpaired) electrons. The average Bonchev–Trinajstić information content (AvgIpc) is 2.51. The lowest BCUT2D eigenvalue weighted by atomic mass is 10.2. The molecule has 0 aliphatic heterocycles. The van der Waals surface area contributed by atoms with E-state index in [1.807, 2.05) is 0 Å². The zero-order valence-electron chi connectivity index (χ0n) is 12.0. The summed E-state index contributed by atoms with van der Waals surface area (Å²) in [6.45, 7) is 0.111. The summed E-state index contributed by atoms with van der Waals surface area (Å²) >= 11 is 0. The van der Waals surface area contributed by atoms with Crippen molar-refractivity contribution < 1.29 is 13.9 Å². The van der Waals surface area contributed by atoms with Gasteiger partial charge in [0, 0.05) is 13.6 Å². The van der Waals surface area contributed by atoms with E-state index in [0.29, 0.717) is 5.56 Å². The Labute approximate surface area is 124 Å². The monoisotopic (exact) mass is 307 g/mol. The molecule has 0 saturated heterocycles. The number of benzene rings is 1. The van der Waals surface area contributed by atoms with Gasteiger partial charge in [0.1, 0.15) is 5.82 Å². The number of halogens is 1. The van der Waals surface area contributed by atoms with E-state index < -0.39 is 17.2 Å². The third-order valence-corrected chi connectivity index (χ3v) is 3.06. The van der Waals surface area contributed by atoms with Crippen LogP contribution in [0.3, 0.4) is 0 Å². The maximum Gasteiger partial charge on any atom is 0.328 e. The molecule has 22 heavy (non-hydrogen) atoms. The molecule has 0 saturated carbocycles. The van der Waals surface area contributed by atoms with Crippen LogP contribution in [0, 0.1) is 5.82 Å². The van der Waals surface area contributed by atoms with Crippen LogP contribution in [0.1, 0.15) is 16.1 Å². The first-order chi connectivity index (χ1) is 10.4. The first-order valence-corrected chi connectivity index (χ1v) is 6.34. The molecular formula is C14H14FN3O4. The highest BCUT2D eigenvalue weighted by Crippen LogP contribution is 2.08. The number of hydrogen-bond acceptors (Lipinski definition) is 4. The van der Waals surface area contributed by atoms with Gasteiger partial charge in [0.2, 0.25) is 5.75 Å². The van der Waals surface area contributed by atoms with E-state index in [1.54, 1.807) is 0 Å². The number of ether oxygens (including phenoxy) is 1. The Hall–Kier alpha value is -2.90. The highest BCUT2D eigenvalue weighted by molar-refractivity contribution is 5.94. The van der Waals surface area contributed by atoms with Gasteiger partial charge in [-0.3, -0.25) is 19.1 Å². The molecule has 0 aliphatic rings. The van der Waals surface area contributed by atoms with Crippen molar-refractivity contribution in [3.05, 3.63) is 62.2 Å². The molecule has 1 heterocycles. The summed E-state index contributed by atoms with van der Waals surface area (Å²) in [5.74, 6) is -1.30. The number of hydrogen-bond donors (Lipinski definition) is 2. The van der Waals surface area contributed by atoms with Gasteiger partial charge < -0.3 is 10.1 Å². The van der Waals surface area contributed by atoms with Crippen LogP contribution in [0.5, 0.6) is 5.75 Å². The highest BCUT2D eigenvalue weighted by Gasteiger charge is 2.18. The van der Waals surface area contributed by atoms with Gasteiger partial charge in [0.15, 0.2) is 5.69 Å². The van der Waals surface area contributed by atoms with Gasteiger partial charge in [0.25, 0.3) is 11.5 Å². The van der Waals surface area contributed by atoms with Crippen LogP contribution in [0.2, 0.25) is 0 Å². The summed E-state index contributed by atoms with van der Waals surface area (Å²) < 4.78 is 18.5. The Balaban J connectivity index is 2.24. The third-order valence-electron chi connectivity index (χ3n) is 3.06. The smallest absolute Gasteiger partial charge is 0.328 e. The number of carbonyl (C=O) groups is 1. The van der Waals surface area contributed by atoms with Crippen LogP contribution in [0.25, 0.3) is 0 Å². The maximum atomic E-state index is 12.8. The molecule has 0 unspecified atom stereocenters. The second-order valence-electron chi connectivity index (χ2n) is 4.51. The van der Waals surface area contributed by atoms with E-state index in [0.717, 1.165) is 4.57 Å². The standard InChI is InChI=1S/C14H14FN3O4/c1-18-13(20)11(22-2)10(17-14(18)21)12(19)16-7-8-3-5-9(15)6-4-8/h3-6H,7H2,1-2H3,(H,16,19)(H,17,21). The number of carbonyl (C=O) groups excluding carboxylic acids is 1. The predicted molar refractivity (Wildman–Crippen MR) is 76.4 cm³/mol. The molecule has 1 aromatic carbocycles. The molecule has 0 fully saturated rings. The van der Waals surface area contributed by atoms with Crippen molar-refractivity contribution in [1.29, 1.82) is 0 Å². The second-order valence-corrected chi connectivity index (χ2v) is 4.51. The van der Waals surface area contributed by atoms with Crippen molar-refractivity contribution in [3.8, 4) is 5.75 Å². The van der Waals surface area contributed by atoms with Crippen LogP contribution in [-0.2, 0) is 13.6 Å². The molecule has 2 rings (SSSR count). The number of amides is 1. The van der Waals surface area contributed by atoms with Gasteiger partial charge >= 0.3 is 5.69 Å². The molecule has 1 aromatic heterocycles. The number of aromatic nitrogens is 2. The topological polar surface area (TPSA) is 93.2 Å². The maximum absolute atomic E-state index is 12.8. The van der Waals surface area contributed by atoms with Crippen molar-refractivity contribution in [3.63, 3.8) is 0 Å². The van der Waals surface area contributed by atoms with Gasteiger partial charge in [-0.25, -0.2) is 9.18 Å². The number of rotatable bonds is 4. The lowest BCUT2D eigenvalue weighted by molar-refractivity contribution is 0.0941. The minimum atomic E-state index is -0.724. The molecule has 7 nitrogen and oxygen atoms in total. The first kappa shape index (κ1) is 15.5. The Morgan fingerprint density at radius 2 is 1.95 bits per heavy atom. The highest BCUT2D eigenvalue weighted by atomic mass is 19.1. The van der Waals surface area contributed by atoms with Crippen LogP contribution < -0.4 is 21.3 Å². The number of nitrogens with one attached hydrogen (secondary N) is 2. The zero-order chi connectivity index (χ0) is 16.3. The largest absolute Gasteiger partial charge is 0.489 e. The Kier molecular flexibility index (Phi) is 4.40. The van der Waals surface area contributed by atoms with Crippen molar-refractivity contribution >= 4 is 5.91 Å². The lowest BCUT2D eigenvalue weighted by Crippen LogP contribution is -2.37. The Morgan fingerprint density at radius 1 is 1.32 bits per heavy atom. The van der Waals surface area contributed by atoms with E-state index in [2.05, 4.69) is 10.3 Å². The van der Waals surface area contributed by atoms with Crippen molar-refractivity contribution in [2.75, 3.05) is 7.11 Å². The fourth-order valence-electron chi connectivity index (χ4n) is 1.82. The molecule has 2 aromatic rings. The summed E-state index contributed by atoms with van der Waals surface area (Å²) in [5.41, 5.74) is -1.02. The SMILES string of the molecule is COc1c(C(=O)NCc2ccc(F)cc2)[nH]c(=O)n(C)c1=O. The van der Waals surface area contributed by atoms with Crippen LogP contribution in [-0.4, -0.2) is 22.6 Å². The summed E-state index contributed by atoms with van der Waals surface area (Å²) in [4.78, 5) is 37.8. The van der Waals surface area contributed by atoms with Crippen LogP contribution in [0.15, 0.2) is 33.9 Å². The number of methoxy groups -OCH3 is 1. The van der Waals surface area contributed by atoms with Crippen molar-refractivity contribution in [2.24, 2.45) is 7.05 Å². The van der Waals surface area contributed by atoms with E-state index in [9.17, 15) is 18.8 Å². The van der Waals surface area contributed by atoms with Gasteiger partial charge in [-0.05, 0) is 17.7 Å². The van der Waals surface area contributed by atoms with E-state index in [-0.39, 0.29) is 23.8 Å². The fourth-order valence-corrected chi connectivity index (χ4v) is 1.82. The van der Waals surface area contributed by atoms with Gasteiger partial charge in [-0.1, -0.05) is 12.1 Å². The third kappa shape index (κ3) is 3.05. The fraction of sp³-hybridized carbons (Fsp3) is 0.214. The molecule has 2 N–H and O–H groups in total. The predicted octanol–water partition coefficient (Wildman–Crippen LogP) is 0.151.